The molecule has 1 N–H and O–H groups in total. The van der Waals surface area contributed by atoms with Gasteiger partial charge < -0.3 is 5.32 Å². The molecule has 5 heteroatoms. The summed E-state index contributed by atoms with van der Waals surface area (Å²) in [6.07, 6.45) is 2.46. The minimum absolute atomic E-state index is 0.00403. The molecule has 0 spiro atoms. The Bertz CT molecular complexity index is 495. The average Bonchev–Trinajstić information content (AvgIpc) is 3.01. The molecule has 2 atom stereocenters. The zero-order valence-electron chi connectivity index (χ0n) is 12.4. The zero-order valence-corrected chi connectivity index (χ0v) is 13.2. The van der Waals surface area contributed by atoms with E-state index in [1.165, 1.54) is 24.2 Å². The number of nitrogens with zero attached hydrogens (tertiary/aromatic N) is 2. The Kier molecular flexibility index (Phi) is 3.82. The second-order valence-electron chi connectivity index (χ2n) is 6.46. The van der Waals surface area contributed by atoms with Crippen molar-refractivity contribution >= 4 is 17.2 Å². The molecule has 0 bridgehead atoms. The van der Waals surface area contributed by atoms with E-state index >= 15 is 0 Å². The van der Waals surface area contributed by atoms with Crippen LogP contribution in [0.25, 0.3) is 0 Å². The van der Waals surface area contributed by atoms with Crippen LogP contribution in [-0.4, -0.2) is 41.0 Å². The molecule has 0 aromatic carbocycles. The molecule has 110 valence electrons. The molecule has 1 saturated heterocycles. The molecular weight excluding hydrogens is 270 g/mol. The number of thiazole rings is 1. The van der Waals surface area contributed by atoms with Crippen molar-refractivity contribution in [3.05, 3.63) is 16.1 Å². The van der Waals surface area contributed by atoms with Crippen molar-refractivity contribution in [1.29, 1.82) is 0 Å². The van der Waals surface area contributed by atoms with E-state index in [0.29, 0.717) is 22.9 Å². The first kappa shape index (κ1) is 14.0. The SMILES string of the molecule is CC(C)N1C[C@H](C)[C@H](NC(=O)c2nc(C3CC3)cs2)C1. The standard InChI is InChI=1S/C15H23N3OS/c1-9(2)18-6-10(3)12(7-18)16-14(19)15-17-13(8-20-15)11-4-5-11/h8-12H,4-7H2,1-3H3,(H,16,19)/t10-,12+/m0/s1. The van der Waals surface area contributed by atoms with E-state index in [1.807, 2.05) is 5.38 Å². The fourth-order valence-electron chi connectivity index (χ4n) is 2.80. The van der Waals surface area contributed by atoms with Gasteiger partial charge in [0.05, 0.1) is 5.69 Å². The van der Waals surface area contributed by atoms with Crippen LogP contribution in [0.15, 0.2) is 5.38 Å². The predicted octanol–water partition coefficient (Wildman–Crippen LogP) is 2.48. The summed E-state index contributed by atoms with van der Waals surface area (Å²) in [5, 5.41) is 5.84. The Morgan fingerprint density at radius 2 is 2.20 bits per heavy atom. The molecule has 1 aromatic rings. The summed E-state index contributed by atoms with van der Waals surface area (Å²) in [5.41, 5.74) is 1.11. The number of carbonyl (C=O) groups excluding carboxylic acids is 1. The molecule has 1 aliphatic carbocycles. The van der Waals surface area contributed by atoms with Gasteiger partial charge in [-0.05, 0) is 32.6 Å². The smallest absolute Gasteiger partial charge is 0.280 e. The highest BCUT2D eigenvalue weighted by Crippen LogP contribution is 2.40. The van der Waals surface area contributed by atoms with Gasteiger partial charge in [-0.3, -0.25) is 9.69 Å². The number of hydrogen-bond donors (Lipinski definition) is 1. The molecule has 1 amide bonds. The van der Waals surface area contributed by atoms with Crippen molar-refractivity contribution in [2.24, 2.45) is 5.92 Å². The molecule has 2 heterocycles. The van der Waals surface area contributed by atoms with Gasteiger partial charge in [-0.15, -0.1) is 11.3 Å². The Labute approximate surface area is 124 Å². The van der Waals surface area contributed by atoms with Crippen LogP contribution < -0.4 is 5.32 Å². The first-order valence-corrected chi connectivity index (χ1v) is 8.43. The number of likely N-dealkylation sites (tertiary alicyclic amines) is 1. The Morgan fingerprint density at radius 1 is 1.45 bits per heavy atom. The number of hydrogen-bond acceptors (Lipinski definition) is 4. The highest BCUT2D eigenvalue weighted by atomic mass is 32.1. The summed E-state index contributed by atoms with van der Waals surface area (Å²) >= 11 is 1.48. The molecule has 3 rings (SSSR count). The van der Waals surface area contributed by atoms with E-state index in [0.717, 1.165) is 18.8 Å². The minimum Gasteiger partial charge on any atom is -0.346 e. The topological polar surface area (TPSA) is 45.2 Å². The third-order valence-corrected chi connectivity index (χ3v) is 5.26. The third kappa shape index (κ3) is 2.88. The van der Waals surface area contributed by atoms with Gasteiger partial charge >= 0.3 is 0 Å². The lowest BCUT2D eigenvalue weighted by molar-refractivity contribution is 0.0930. The lowest BCUT2D eigenvalue weighted by Crippen LogP contribution is -2.40. The highest BCUT2D eigenvalue weighted by molar-refractivity contribution is 7.11. The van der Waals surface area contributed by atoms with E-state index in [-0.39, 0.29) is 11.9 Å². The van der Waals surface area contributed by atoms with E-state index in [4.69, 9.17) is 0 Å². The van der Waals surface area contributed by atoms with Gasteiger partial charge in [-0.25, -0.2) is 4.98 Å². The third-order valence-electron chi connectivity index (χ3n) is 4.40. The van der Waals surface area contributed by atoms with Crippen molar-refractivity contribution in [2.75, 3.05) is 13.1 Å². The van der Waals surface area contributed by atoms with Crippen molar-refractivity contribution < 1.29 is 4.79 Å². The first-order valence-electron chi connectivity index (χ1n) is 7.55. The monoisotopic (exact) mass is 293 g/mol. The summed E-state index contributed by atoms with van der Waals surface area (Å²) in [7, 11) is 0. The number of rotatable bonds is 4. The quantitative estimate of drug-likeness (QED) is 0.927. The Hall–Kier alpha value is -0.940. The van der Waals surface area contributed by atoms with Gasteiger partial charge in [0.2, 0.25) is 0 Å². The van der Waals surface area contributed by atoms with Crippen molar-refractivity contribution in [1.82, 2.24) is 15.2 Å². The zero-order chi connectivity index (χ0) is 14.3. The maximum atomic E-state index is 12.3. The van der Waals surface area contributed by atoms with Crippen LogP contribution >= 0.6 is 11.3 Å². The van der Waals surface area contributed by atoms with Crippen LogP contribution in [0.5, 0.6) is 0 Å². The molecule has 4 nitrogen and oxygen atoms in total. The predicted molar refractivity (Wildman–Crippen MR) is 81.2 cm³/mol. The number of nitrogens with one attached hydrogen (secondary N) is 1. The molecule has 1 aliphatic heterocycles. The van der Waals surface area contributed by atoms with Crippen LogP contribution in [0.2, 0.25) is 0 Å². The van der Waals surface area contributed by atoms with Crippen LogP contribution in [0, 0.1) is 5.92 Å². The molecule has 2 aliphatic rings. The summed E-state index contributed by atoms with van der Waals surface area (Å²) in [6.45, 7) is 8.64. The summed E-state index contributed by atoms with van der Waals surface area (Å²) in [6, 6.07) is 0.791. The molecular formula is C15H23N3OS. The molecule has 0 unspecified atom stereocenters. The fourth-order valence-corrected chi connectivity index (χ4v) is 3.60. The minimum atomic E-state index is 0.00403. The maximum absolute atomic E-state index is 12.3. The number of amides is 1. The molecule has 1 saturated carbocycles. The molecule has 0 radical (unpaired) electrons. The van der Waals surface area contributed by atoms with E-state index in [2.05, 4.69) is 36.0 Å². The Balaban J connectivity index is 1.60. The van der Waals surface area contributed by atoms with Gasteiger partial charge in [0.25, 0.3) is 5.91 Å². The van der Waals surface area contributed by atoms with Crippen molar-refractivity contribution in [3.63, 3.8) is 0 Å². The lowest BCUT2D eigenvalue weighted by atomic mass is 10.1. The highest BCUT2D eigenvalue weighted by Gasteiger charge is 2.33. The largest absolute Gasteiger partial charge is 0.346 e. The van der Waals surface area contributed by atoms with Gasteiger partial charge in [0.1, 0.15) is 0 Å². The van der Waals surface area contributed by atoms with Gasteiger partial charge in [-0.2, -0.15) is 0 Å². The summed E-state index contributed by atoms with van der Waals surface area (Å²) in [4.78, 5) is 19.2. The van der Waals surface area contributed by atoms with Crippen LogP contribution in [0.1, 0.15) is 55.0 Å². The summed E-state index contributed by atoms with van der Waals surface area (Å²) in [5.74, 6) is 1.13. The van der Waals surface area contributed by atoms with E-state index in [1.54, 1.807) is 0 Å². The average molecular weight is 293 g/mol. The van der Waals surface area contributed by atoms with Crippen LogP contribution in [0.3, 0.4) is 0 Å². The second-order valence-corrected chi connectivity index (χ2v) is 7.31. The van der Waals surface area contributed by atoms with E-state index in [9.17, 15) is 4.79 Å². The first-order chi connectivity index (χ1) is 9.54. The maximum Gasteiger partial charge on any atom is 0.280 e. The van der Waals surface area contributed by atoms with Crippen molar-refractivity contribution in [2.45, 2.75) is 51.6 Å². The van der Waals surface area contributed by atoms with Crippen LogP contribution in [-0.2, 0) is 0 Å². The van der Waals surface area contributed by atoms with Gasteiger partial charge in [-0.1, -0.05) is 6.92 Å². The second kappa shape index (κ2) is 5.45. The van der Waals surface area contributed by atoms with Gasteiger partial charge in [0.15, 0.2) is 5.01 Å². The lowest BCUT2D eigenvalue weighted by Gasteiger charge is -2.20. The normalized spacial score (nSPS) is 27.2. The Morgan fingerprint density at radius 3 is 2.80 bits per heavy atom. The fraction of sp³-hybridized carbons (Fsp3) is 0.733. The number of carbonyl (C=O) groups is 1. The summed E-state index contributed by atoms with van der Waals surface area (Å²) < 4.78 is 0. The van der Waals surface area contributed by atoms with Crippen LogP contribution in [0.4, 0.5) is 0 Å². The molecule has 2 fully saturated rings. The number of aromatic nitrogens is 1. The molecule has 1 aromatic heterocycles. The van der Waals surface area contributed by atoms with Crippen molar-refractivity contribution in [3.8, 4) is 0 Å². The van der Waals surface area contributed by atoms with E-state index < -0.39 is 0 Å². The molecule has 20 heavy (non-hydrogen) atoms. The van der Waals surface area contributed by atoms with Gasteiger partial charge in [0, 0.05) is 36.5 Å².